The van der Waals surface area contributed by atoms with E-state index in [4.69, 9.17) is 14.0 Å². The first kappa shape index (κ1) is 17.0. The number of aliphatic hydroxyl groups excluding tert-OH is 1. The molecule has 25 heavy (non-hydrogen) atoms. The Morgan fingerprint density at radius 3 is 2.60 bits per heavy atom. The third-order valence-corrected chi connectivity index (χ3v) is 3.59. The maximum Gasteiger partial charge on any atom is 0.264 e. The molecule has 1 heterocycles. The Hall–Kier alpha value is -2.86. The van der Waals surface area contributed by atoms with Gasteiger partial charge in [0.1, 0.15) is 11.5 Å². The molecule has 1 atom stereocenters. The number of aliphatic hydroxyl groups is 1. The van der Waals surface area contributed by atoms with Crippen molar-refractivity contribution in [3.05, 3.63) is 60.0 Å². The molecule has 3 aromatic rings. The molecule has 130 valence electrons. The minimum absolute atomic E-state index is 0.160. The quantitative estimate of drug-likeness (QED) is 0.705. The largest absolute Gasteiger partial charge is 0.494 e. The van der Waals surface area contributed by atoms with Crippen LogP contribution in [-0.2, 0) is 6.61 Å². The van der Waals surface area contributed by atoms with Crippen molar-refractivity contribution >= 4 is 0 Å². The van der Waals surface area contributed by atoms with Gasteiger partial charge in [-0.1, -0.05) is 17.3 Å². The standard InChI is InChI=1S/C19H20N2O4/c1-3-23-16-9-7-14(8-10-16)19-20-18(25-21-19)12-24-17-6-4-5-15(11-17)13(2)22/h4-11,13,22H,3,12H2,1-2H3. The van der Waals surface area contributed by atoms with Crippen molar-refractivity contribution in [1.82, 2.24) is 10.1 Å². The molecule has 6 nitrogen and oxygen atoms in total. The SMILES string of the molecule is CCOc1ccc(-c2noc(COc3cccc(C(C)O)c3)n2)cc1. The summed E-state index contributed by atoms with van der Waals surface area (Å²) >= 11 is 0. The van der Waals surface area contributed by atoms with Gasteiger partial charge >= 0.3 is 0 Å². The van der Waals surface area contributed by atoms with Crippen molar-refractivity contribution in [2.45, 2.75) is 26.6 Å². The second-order valence-electron chi connectivity index (χ2n) is 5.51. The summed E-state index contributed by atoms with van der Waals surface area (Å²) in [7, 11) is 0. The maximum absolute atomic E-state index is 9.61. The van der Waals surface area contributed by atoms with Crippen molar-refractivity contribution in [3.63, 3.8) is 0 Å². The van der Waals surface area contributed by atoms with E-state index in [1.165, 1.54) is 0 Å². The fraction of sp³-hybridized carbons (Fsp3) is 0.263. The molecule has 1 unspecified atom stereocenters. The Balaban J connectivity index is 1.64. The van der Waals surface area contributed by atoms with Crippen LogP contribution in [0.3, 0.4) is 0 Å². The highest BCUT2D eigenvalue weighted by Crippen LogP contribution is 2.22. The smallest absolute Gasteiger partial charge is 0.264 e. The molecule has 0 aliphatic heterocycles. The normalized spacial score (nSPS) is 12.0. The lowest BCUT2D eigenvalue weighted by atomic mass is 10.1. The van der Waals surface area contributed by atoms with Crippen LogP contribution in [0.2, 0.25) is 0 Å². The molecule has 0 bridgehead atoms. The number of benzene rings is 2. The van der Waals surface area contributed by atoms with E-state index in [1.807, 2.05) is 49.4 Å². The first-order valence-corrected chi connectivity index (χ1v) is 8.12. The van der Waals surface area contributed by atoms with Crippen molar-refractivity contribution in [1.29, 1.82) is 0 Å². The van der Waals surface area contributed by atoms with Crippen LogP contribution in [0, 0.1) is 0 Å². The second kappa shape index (κ2) is 7.81. The van der Waals surface area contributed by atoms with E-state index >= 15 is 0 Å². The van der Waals surface area contributed by atoms with Gasteiger partial charge in [-0.2, -0.15) is 4.98 Å². The summed E-state index contributed by atoms with van der Waals surface area (Å²) < 4.78 is 16.3. The molecule has 3 rings (SSSR count). The molecular formula is C19H20N2O4. The van der Waals surface area contributed by atoms with Gasteiger partial charge in [0.25, 0.3) is 5.89 Å². The number of ether oxygens (including phenoxy) is 2. The minimum atomic E-state index is -0.543. The van der Waals surface area contributed by atoms with Crippen LogP contribution in [0.5, 0.6) is 11.5 Å². The van der Waals surface area contributed by atoms with Gasteiger partial charge in [-0.3, -0.25) is 0 Å². The lowest BCUT2D eigenvalue weighted by molar-refractivity contribution is 0.197. The summed E-state index contributed by atoms with van der Waals surface area (Å²) in [5.74, 6) is 2.32. The molecule has 1 N–H and O–H groups in total. The van der Waals surface area contributed by atoms with E-state index < -0.39 is 6.10 Å². The number of rotatable bonds is 7. The fourth-order valence-electron chi connectivity index (χ4n) is 2.31. The topological polar surface area (TPSA) is 77.6 Å². The minimum Gasteiger partial charge on any atom is -0.494 e. The van der Waals surface area contributed by atoms with Crippen LogP contribution >= 0.6 is 0 Å². The Labute approximate surface area is 146 Å². The maximum atomic E-state index is 9.61. The summed E-state index contributed by atoms with van der Waals surface area (Å²) in [5.41, 5.74) is 1.63. The predicted octanol–water partition coefficient (Wildman–Crippen LogP) is 3.77. The highest BCUT2D eigenvalue weighted by atomic mass is 16.5. The molecule has 0 aliphatic carbocycles. The van der Waals surface area contributed by atoms with E-state index in [2.05, 4.69) is 10.1 Å². The molecular weight excluding hydrogens is 320 g/mol. The van der Waals surface area contributed by atoms with Gasteiger partial charge in [-0.15, -0.1) is 0 Å². The number of nitrogens with zero attached hydrogens (tertiary/aromatic N) is 2. The van der Waals surface area contributed by atoms with Gasteiger partial charge in [-0.05, 0) is 55.8 Å². The van der Waals surface area contributed by atoms with Gasteiger partial charge in [0.15, 0.2) is 6.61 Å². The molecule has 0 saturated carbocycles. The zero-order valence-electron chi connectivity index (χ0n) is 14.2. The highest BCUT2D eigenvalue weighted by Gasteiger charge is 2.10. The molecule has 1 aromatic heterocycles. The van der Waals surface area contributed by atoms with Crippen LogP contribution in [0.4, 0.5) is 0 Å². The van der Waals surface area contributed by atoms with E-state index in [1.54, 1.807) is 13.0 Å². The first-order chi connectivity index (χ1) is 12.2. The molecule has 0 amide bonds. The fourth-order valence-corrected chi connectivity index (χ4v) is 2.31. The summed E-state index contributed by atoms with van der Waals surface area (Å²) in [4.78, 5) is 4.34. The Morgan fingerprint density at radius 2 is 1.88 bits per heavy atom. The summed E-state index contributed by atoms with van der Waals surface area (Å²) in [6.07, 6.45) is -0.543. The van der Waals surface area contributed by atoms with Crippen LogP contribution in [0.25, 0.3) is 11.4 Å². The van der Waals surface area contributed by atoms with Crippen molar-refractivity contribution in [2.24, 2.45) is 0 Å². The number of aromatic nitrogens is 2. The third-order valence-electron chi connectivity index (χ3n) is 3.59. The van der Waals surface area contributed by atoms with Crippen LogP contribution in [0.15, 0.2) is 53.1 Å². The van der Waals surface area contributed by atoms with E-state index in [9.17, 15) is 5.11 Å². The lowest BCUT2D eigenvalue weighted by Gasteiger charge is -2.07. The monoisotopic (exact) mass is 340 g/mol. The number of hydrogen-bond acceptors (Lipinski definition) is 6. The predicted molar refractivity (Wildman–Crippen MR) is 92.3 cm³/mol. The van der Waals surface area contributed by atoms with E-state index in [0.717, 1.165) is 16.9 Å². The van der Waals surface area contributed by atoms with Crippen molar-refractivity contribution in [3.8, 4) is 22.9 Å². The van der Waals surface area contributed by atoms with Gasteiger partial charge in [0.05, 0.1) is 12.7 Å². The molecule has 0 saturated heterocycles. The Bertz CT molecular complexity index is 812. The third kappa shape index (κ3) is 4.36. The van der Waals surface area contributed by atoms with E-state index in [0.29, 0.717) is 24.1 Å². The summed E-state index contributed by atoms with van der Waals surface area (Å²) in [5, 5.41) is 13.6. The lowest BCUT2D eigenvalue weighted by Crippen LogP contribution is -1.97. The van der Waals surface area contributed by atoms with Crippen molar-refractivity contribution in [2.75, 3.05) is 6.61 Å². The molecule has 2 aromatic carbocycles. The van der Waals surface area contributed by atoms with Gasteiger partial charge in [0, 0.05) is 5.56 Å². The van der Waals surface area contributed by atoms with Crippen LogP contribution < -0.4 is 9.47 Å². The Kier molecular flexibility index (Phi) is 5.30. The number of hydrogen-bond donors (Lipinski definition) is 1. The van der Waals surface area contributed by atoms with Gasteiger partial charge < -0.3 is 19.1 Å². The van der Waals surface area contributed by atoms with Crippen LogP contribution in [0.1, 0.15) is 31.4 Å². The first-order valence-electron chi connectivity index (χ1n) is 8.12. The van der Waals surface area contributed by atoms with Gasteiger partial charge in [0.2, 0.25) is 5.82 Å². The average molecular weight is 340 g/mol. The summed E-state index contributed by atoms with van der Waals surface area (Å²) in [6.45, 7) is 4.43. The zero-order chi connectivity index (χ0) is 17.6. The highest BCUT2D eigenvalue weighted by molar-refractivity contribution is 5.55. The second-order valence-corrected chi connectivity index (χ2v) is 5.51. The molecule has 6 heteroatoms. The molecule has 0 spiro atoms. The van der Waals surface area contributed by atoms with Gasteiger partial charge in [-0.25, -0.2) is 0 Å². The molecule has 0 aliphatic rings. The average Bonchev–Trinajstić information content (AvgIpc) is 3.10. The zero-order valence-corrected chi connectivity index (χ0v) is 14.2. The van der Waals surface area contributed by atoms with Crippen LogP contribution in [-0.4, -0.2) is 21.9 Å². The Morgan fingerprint density at radius 1 is 1.08 bits per heavy atom. The molecule has 0 fully saturated rings. The van der Waals surface area contributed by atoms with Crippen molar-refractivity contribution < 1.29 is 19.1 Å². The summed E-state index contributed by atoms with van der Waals surface area (Å²) in [6, 6.07) is 14.8. The van der Waals surface area contributed by atoms with E-state index in [-0.39, 0.29) is 6.61 Å². The molecule has 0 radical (unpaired) electrons.